The first-order chi connectivity index (χ1) is 8.95. The molecule has 2 aromatic rings. The van der Waals surface area contributed by atoms with Gasteiger partial charge in [0.25, 0.3) is 0 Å². The van der Waals surface area contributed by atoms with Crippen LogP contribution in [0, 0.1) is 12.7 Å². The predicted molar refractivity (Wildman–Crippen MR) is 72.5 cm³/mol. The van der Waals surface area contributed by atoms with Gasteiger partial charge in [0, 0.05) is 11.6 Å². The molecule has 0 saturated heterocycles. The number of nitrogens with two attached hydrogens (primary N) is 1. The van der Waals surface area contributed by atoms with E-state index in [-0.39, 0.29) is 11.9 Å². The van der Waals surface area contributed by atoms with Crippen molar-refractivity contribution in [2.75, 3.05) is 5.73 Å². The second kappa shape index (κ2) is 4.84. The largest absolute Gasteiger partial charge is 0.383 e. The van der Waals surface area contributed by atoms with E-state index < -0.39 is 0 Å². The number of carbonyl (C=O) groups is 1. The van der Waals surface area contributed by atoms with Crippen molar-refractivity contribution in [2.45, 2.75) is 26.8 Å². The van der Waals surface area contributed by atoms with Crippen LogP contribution in [0.1, 0.15) is 35.8 Å². The fourth-order valence-corrected chi connectivity index (χ4v) is 1.98. The molecule has 2 N–H and O–H groups in total. The van der Waals surface area contributed by atoms with Crippen LogP contribution in [0.4, 0.5) is 10.2 Å². The van der Waals surface area contributed by atoms with Gasteiger partial charge in [-0.05, 0) is 44.5 Å². The summed E-state index contributed by atoms with van der Waals surface area (Å²) in [6, 6.07) is 4.68. The number of nitrogens with zero attached hydrogens (tertiary/aromatic N) is 2. The van der Waals surface area contributed by atoms with Gasteiger partial charge in [0.2, 0.25) is 0 Å². The van der Waals surface area contributed by atoms with Crippen molar-refractivity contribution in [3.8, 4) is 11.3 Å². The van der Waals surface area contributed by atoms with Gasteiger partial charge in [0.05, 0.1) is 5.56 Å². The lowest BCUT2D eigenvalue weighted by Gasteiger charge is -2.06. The number of rotatable bonds is 3. The van der Waals surface area contributed by atoms with E-state index in [1.807, 2.05) is 13.8 Å². The number of aryl methyl sites for hydroxylation is 1. The Morgan fingerprint density at radius 2 is 2.11 bits per heavy atom. The zero-order valence-electron chi connectivity index (χ0n) is 11.1. The fraction of sp³-hybridized carbons (Fsp3) is 0.286. The molecule has 0 aliphatic carbocycles. The van der Waals surface area contributed by atoms with Crippen LogP contribution in [0.25, 0.3) is 11.3 Å². The molecular weight excluding hydrogens is 245 g/mol. The van der Waals surface area contributed by atoms with Crippen LogP contribution in [0.5, 0.6) is 0 Å². The number of hydrogen-bond acceptors (Lipinski definition) is 3. The Balaban J connectivity index is 2.64. The molecule has 19 heavy (non-hydrogen) atoms. The van der Waals surface area contributed by atoms with Gasteiger partial charge in [-0.1, -0.05) is 0 Å². The van der Waals surface area contributed by atoms with Gasteiger partial charge in [-0.25, -0.2) is 9.07 Å². The summed E-state index contributed by atoms with van der Waals surface area (Å²) in [5.41, 5.74) is 7.95. The van der Waals surface area contributed by atoms with Crippen molar-refractivity contribution in [2.24, 2.45) is 0 Å². The molecule has 0 radical (unpaired) electrons. The molecule has 0 aliphatic heterocycles. The van der Waals surface area contributed by atoms with Crippen LogP contribution in [-0.2, 0) is 0 Å². The molecule has 4 nitrogen and oxygen atoms in total. The van der Waals surface area contributed by atoms with Crippen LogP contribution in [0.2, 0.25) is 0 Å². The second-order valence-electron chi connectivity index (χ2n) is 4.77. The summed E-state index contributed by atoms with van der Waals surface area (Å²) >= 11 is 0. The monoisotopic (exact) mass is 261 g/mol. The number of aldehydes is 1. The summed E-state index contributed by atoms with van der Waals surface area (Å²) in [5, 5.41) is 4.36. The Morgan fingerprint density at radius 3 is 2.63 bits per heavy atom. The van der Waals surface area contributed by atoms with E-state index in [0.29, 0.717) is 34.5 Å². The van der Waals surface area contributed by atoms with Crippen molar-refractivity contribution in [3.05, 3.63) is 35.1 Å². The average molecular weight is 261 g/mol. The maximum atomic E-state index is 13.3. The average Bonchev–Trinajstić information content (AvgIpc) is 2.70. The highest BCUT2D eigenvalue weighted by Crippen LogP contribution is 2.28. The summed E-state index contributed by atoms with van der Waals surface area (Å²) in [7, 11) is 0. The highest BCUT2D eigenvalue weighted by molar-refractivity contribution is 5.91. The van der Waals surface area contributed by atoms with E-state index in [4.69, 9.17) is 5.73 Å². The summed E-state index contributed by atoms with van der Waals surface area (Å²) < 4.78 is 14.9. The zero-order valence-corrected chi connectivity index (χ0v) is 11.1. The molecule has 0 atom stereocenters. The predicted octanol–water partition coefficient (Wildman–Crippen LogP) is 2.97. The topological polar surface area (TPSA) is 60.9 Å². The number of benzene rings is 1. The Labute approximate surface area is 111 Å². The number of nitrogen functional groups attached to an aromatic ring is 1. The van der Waals surface area contributed by atoms with Gasteiger partial charge < -0.3 is 5.73 Å². The van der Waals surface area contributed by atoms with Crippen molar-refractivity contribution in [1.82, 2.24) is 9.78 Å². The zero-order chi connectivity index (χ0) is 14.2. The van der Waals surface area contributed by atoms with Gasteiger partial charge in [0.1, 0.15) is 17.3 Å². The van der Waals surface area contributed by atoms with Crippen molar-refractivity contribution < 1.29 is 9.18 Å². The molecule has 0 aliphatic rings. The van der Waals surface area contributed by atoms with E-state index in [1.165, 1.54) is 6.07 Å². The van der Waals surface area contributed by atoms with E-state index in [9.17, 15) is 9.18 Å². The third-order valence-electron chi connectivity index (χ3n) is 3.02. The quantitative estimate of drug-likeness (QED) is 0.864. The molecular formula is C14H16FN3O. The van der Waals surface area contributed by atoms with Crippen LogP contribution in [0.3, 0.4) is 0 Å². The lowest BCUT2D eigenvalue weighted by atomic mass is 10.1. The lowest BCUT2D eigenvalue weighted by molar-refractivity contribution is 0.112. The molecule has 1 aromatic heterocycles. The van der Waals surface area contributed by atoms with Gasteiger partial charge in [-0.2, -0.15) is 5.10 Å². The SMILES string of the molecule is Cc1cc(-c2nn(C(C)C)c(N)c2C=O)ccc1F. The third-order valence-corrected chi connectivity index (χ3v) is 3.02. The number of anilines is 1. The maximum Gasteiger partial charge on any atom is 0.156 e. The maximum absolute atomic E-state index is 13.3. The number of halogens is 1. The van der Waals surface area contributed by atoms with Crippen LogP contribution >= 0.6 is 0 Å². The van der Waals surface area contributed by atoms with Crippen LogP contribution in [0.15, 0.2) is 18.2 Å². The van der Waals surface area contributed by atoms with Gasteiger partial charge in [-0.3, -0.25) is 4.79 Å². The number of hydrogen-bond donors (Lipinski definition) is 1. The lowest BCUT2D eigenvalue weighted by Crippen LogP contribution is -2.07. The highest BCUT2D eigenvalue weighted by Gasteiger charge is 2.18. The van der Waals surface area contributed by atoms with Crippen molar-refractivity contribution >= 4 is 12.1 Å². The molecule has 0 spiro atoms. The smallest absolute Gasteiger partial charge is 0.156 e. The molecule has 1 aromatic carbocycles. The van der Waals surface area contributed by atoms with Gasteiger partial charge in [0.15, 0.2) is 6.29 Å². The summed E-state index contributed by atoms with van der Waals surface area (Å²) in [4.78, 5) is 11.2. The minimum atomic E-state index is -0.285. The third kappa shape index (κ3) is 2.23. The Kier molecular flexibility index (Phi) is 3.38. The molecule has 1 heterocycles. The molecule has 0 fully saturated rings. The van der Waals surface area contributed by atoms with Gasteiger partial charge in [-0.15, -0.1) is 0 Å². The molecule has 0 unspecified atom stereocenters. The second-order valence-corrected chi connectivity index (χ2v) is 4.77. The van der Waals surface area contributed by atoms with E-state index in [1.54, 1.807) is 23.7 Å². The molecule has 0 saturated carbocycles. The Bertz CT molecular complexity index is 632. The minimum Gasteiger partial charge on any atom is -0.383 e. The summed E-state index contributed by atoms with van der Waals surface area (Å²) in [5.74, 6) is 0.0506. The Hall–Kier alpha value is -2.17. The number of carbonyl (C=O) groups excluding carboxylic acids is 1. The first-order valence-corrected chi connectivity index (χ1v) is 6.05. The first-order valence-electron chi connectivity index (χ1n) is 6.05. The molecule has 5 heteroatoms. The molecule has 2 rings (SSSR count). The van der Waals surface area contributed by atoms with Gasteiger partial charge >= 0.3 is 0 Å². The summed E-state index contributed by atoms with van der Waals surface area (Å²) in [6.07, 6.45) is 0.690. The first kappa shape index (κ1) is 13.3. The minimum absolute atomic E-state index is 0.0500. The highest BCUT2D eigenvalue weighted by atomic mass is 19.1. The van der Waals surface area contributed by atoms with Crippen LogP contribution in [-0.4, -0.2) is 16.1 Å². The van der Waals surface area contributed by atoms with E-state index in [2.05, 4.69) is 5.10 Å². The molecule has 100 valence electrons. The Morgan fingerprint density at radius 1 is 1.42 bits per heavy atom. The van der Waals surface area contributed by atoms with Crippen LogP contribution < -0.4 is 5.73 Å². The standard InChI is InChI=1S/C14H16FN3O/c1-8(2)18-14(16)11(7-19)13(17-18)10-4-5-12(15)9(3)6-10/h4-8H,16H2,1-3H3. The van der Waals surface area contributed by atoms with Crippen molar-refractivity contribution in [3.63, 3.8) is 0 Å². The van der Waals surface area contributed by atoms with E-state index in [0.717, 1.165) is 0 Å². The molecule has 0 bridgehead atoms. The fourth-order valence-electron chi connectivity index (χ4n) is 1.98. The number of aromatic nitrogens is 2. The van der Waals surface area contributed by atoms with Crippen molar-refractivity contribution in [1.29, 1.82) is 0 Å². The summed E-state index contributed by atoms with van der Waals surface area (Å²) in [6.45, 7) is 5.53. The normalized spacial score (nSPS) is 11.0. The molecule has 0 amide bonds. The van der Waals surface area contributed by atoms with E-state index >= 15 is 0 Å².